The minimum atomic E-state index is -3.40. The Hall–Kier alpha value is -0.920. The first kappa shape index (κ1) is 16.0. The second kappa shape index (κ2) is 5.62. The number of benzene rings is 1. The quantitative estimate of drug-likeness (QED) is 0.832. The van der Waals surface area contributed by atoms with Gasteiger partial charge in [-0.3, -0.25) is 0 Å². The van der Waals surface area contributed by atoms with E-state index in [0.717, 1.165) is 18.4 Å². The first-order chi connectivity index (χ1) is 10.3. The van der Waals surface area contributed by atoms with Gasteiger partial charge in [-0.25, -0.2) is 16.8 Å². The Morgan fingerprint density at radius 3 is 2.05 bits per heavy atom. The zero-order chi connectivity index (χ0) is 16.0. The molecule has 0 saturated carbocycles. The second-order valence-corrected chi connectivity index (χ2v) is 10.6. The first-order valence-electron chi connectivity index (χ1n) is 7.51. The zero-order valence-corrected chi connectivity index (χ0v) is 14.2. The molecule has 0 aliphatic carbocycles. The number of rotatable bonds is 4. The minimum Gasteiger partial charge on any atom is -0.229 e. The summed E-state index contributed by atoms with van der Waals surface area (Å²) in [6.07, 6.45) is 3.66. The fourth-order valence-corrected chi connectivity index (χ4v) is 6.94. The fraction of sp³-hybridized carbons (Fsp3) is 0.600. The van der Waals surface area contributed by atoms with Crippen molar-refractivity contribution in [1.82, 2.24) is 4.31 Å². The van der Waals surface area contributed by atoms with E-state index in [0.29, 0.717) is 12.8 Å². The van der Waals surface area contributed by atoms with Gasteiger partial charge in [0.2, 0.25) is 10.0 Å². The molecule has 122 valence electrons. The van der Waals surface area contributed by atoms with Crippen molar-refractivity contribution in [3.63, 3.8) is 0 Å². The molecule has 3 rings (SSSR count). The van der Waals surface area contributed by atoms with E-state index < -0.39 is 25.1 Å². The molecule has 2 fully saturated rings. The minimum absolute atomic E-state index is 0.00954. The highest BCUT2D eigenvalue weighted by molar-refractivity contribution is 7.91. The van der Waals surface area contributed by atoms with Crippen molar-refractivity contribution in [3.8, 4) is 0 Å². The van der Waals surface area contributed by atoms with Gasteiger partial charge in [-0.1, -0.05) is 30.3 Å². The van der Waals surface area contributed by atoms with Crippen LogP contribution in [0.2, 0.25) is 0 Å². The lowest BCUT2D eigenvalue weighted by Gasteiger charge is -2.37. The molecule has 7 heteroatoms. The Morgan fingerprint density at radius 1 is 1.00 bits per heavy atom. The number of hydrogen-bond donors (Lipinski definition) is 0. The van der Waals surface area contributed by atoms with E-state index in [1.54, 1.807) is 4.31 Å². The van der Waals surface area contributed by atoms with E-state index in [1.165, 1.54) is 6.26 Å². The molecule has 2 aliphatic rings. The molecule has 5 nitrogen and oxygen atoms in total. The van der Waals surface area contributed by atoms with Gasteiger partial charge in [-0.05, 0) is 31.2 Å². The molecule has 2 atom stereocenters. The normalized spacial score (nSPS) is 29.6. The molecule has 1 aromatic carbocycles. The molecule has 2 saturated heterocycles. The third-order valence-corrected chi connectivity index (χ3v) is 8.27. The summed E-state index contributed by atoms with van der Waals surface area (Å²) < 4.78 is 50.7. The first-order valence-corrected chi connectivity index (χ1v) is 11.1. The maximum Gasteiger partial charge on any atom is 0.218 e. The van der Waals surface area contributed by atoms with Crippen molar-refractivity contribution < 1.29 is 16.8 Å². The number of sulfone groups is 1. The Kier molecular flexibility index (Phi) is 4.07. The van der Waals surface area contributed by atoms with Crippen LogP contribution in [0.15, 0.2) is 30.3 Å². The highest BCUT2D eigenvalue weighted by Crippen LogP contribution is 2.40. The Balaban J connectivity index is 1.82. The van der Waals surface area contributed by atoms with Gasteiger partial charge in [0.1, 0.15) is 9.84 Å². The van der Waals surface area contributed by atoms with E-state index in [-0.39, 0.29) is 17.8 Å². The van der Waals surface area contributed by atoms with Crippen LogP contribution in [0.5, 0.6) is 0 Å². The van der Waals surface area contributed by atoms with Crippen molar-refractivity contribution in [1.29, 1.82) is 0 Å². The summed E-state index contributed by atoms with van der Waals surface area (Å²) in [7, 11) is -6.50. The molecule has 0 spiro atoms. The molecule has 0 amide bonds. The summed E-state index contributed by atoms with van der Waals surface area (Å²) in [5.41, 5.74) is 0.770. The van der Waals surface area contributed by atoms with Crippen LogP contribution < -0.4 is 0 Å². The summed E-state index contributed by atoms with van der Waals surface area (Å²) in [5.74, 6) is -0.00954. The Bertz CT molecular complexity index is 729. The van der Waals surface area contributed by atoms with Gasteiger partial charge in [-0.2, -0.15) is 4.31 Å². The van der Waals surface area contributed by atoms with Crippen LogP contribution in [0.4, 0.5) is 0 Å². The molecule has 0 aromatic heterocycles. The Labute approximate surface area is 132 Å². The molecule has 0 radical (unpaired) electrons. The van der Waals surface area contributed by atoms with Gasteiger partial charge in [0.15, 0.2) is 0 Å². The van der Waals surface area contributed by atoms with Gasteiger partial charge in [0.05, 0.1) is 11.0 Å². The lowest BCUT2D eigenvalue weighted by molar-refractivity contribution is 0.249. The van der Waals surface area contributed by atoms with Crippen LogP contribution in [0.1, 0.15) is 31.2 Å². The van der Waals surface area contributed by atoms with E-state index in [4.69, 9.17) is 0 Å². The lowest BCUT2D eigenvalue weighted by Crippen LogP contribution is -2.49. The van der Waals surface area contributed by atoms with Crippen LogP contribution >= 0.6 is 0 Å². The predicted octanol–water partition coefficient (Wildman–Crippen LogP) is 1.56. The van der Waals surface area contributed by atoms with Crippen LogP contribution in [0, 0.1) is 0 Å². The summed E-state index contributed by atoms with van der Waals surface area (Å²) in [5, 5.41) is -0.395. The van der Waals surface area contributed by atoms with Gasteiger partial charge in [-0.15, -0.1) is 0 Å². The number of hydrogen-bond acceptors (Lipinski definition) is 4. The zero-order valence-electron chi connectivity index (χ0n) is 12.6. The van der Waals surface area contributed by atoms with Crippen LogP contribution in [0.3, 0.4) is 0 Å². The van der Waals surface area contributed by atoms with Crippen LogP contribution in [-0.4, -0.2) is 44.7 Å². The number of fused-ring (bicyclic) bond motifs is 2. The smallest absolute Gasteiger partial charge is 0.218 e. The summed E-state index contributed by atoms with van der Waals surface area (Å²) in [6.45, 7) is 0. The number of piperidine rings is 1. The summed E-state index contributed by atoms with van der Waals surface area (Å²) in [6, 6.07) is 8.81. The summed E-state index contributed by atoms with van der Waals surface area (Å²) in [4.78, 5) is 0. The van der Waals surface area contributed by atoms with Crippen LogP contribution in [-0.2, 0) is 25.6 Å². The van der Waals surface area contributed by atoms with Crippen molar-refractivity contribution in [2.75, 3.05) is 6.26 Å². The van der Waals surface area contributed by atoms with Gasteiger partial charge in [0.25, 0.3) is 0 Å². The lowest BCUT2D eigenvalue weighted by atomic mass is 10.1. The maximum absolute atomic E-state index is 12.7. The summed E-state index contributed by atoms with van der Waals surface area (Å²) >= 11 is 0. The average Bonchev–Trinajstić information content (AvgIpc) is 2.70. The van der Waals surface area contributed by atoms with Crippen LogP contribution in [0.25, 0.3) is 0 Å². The molecule has 2 heterocycles. The largest absolute Gasteiger partial charge is 0.229 e. The molecule has 1 aromatic rings. The van der Waals surface area contributed by atoms with E-state index >= 15 is 0 Å². The predicted molar refractivity (Wildman–Crippen MR) is 85.6 cm³/mol. The molecule has 2 unspecified atom stereocenters. The van der Waals surface area contributed by atoms with Crippen molar-refractivity contribution >= 4 is 19.9 Å². The molecule has 0 N–H and O–H groups in total. The molecular weight excluding hydrogens is 322 g/mol. The third-order valence-electron chi connectivity index (χ3n) is 4.74. The molecule has 22 heavy (non-hydrogen) atoms. The third kappa shape index (κ3) is 3.07. The molecule has 2 bridgehead atoms. The second-order valence-electron chi connectivity index (χ2n) is 6.38. The topological polar surface area (TPSA) is 71.5 Å². The Morgan fingerprint density at radius 2 is 1.55 bits per heavy atom. The molecule has 2 aliphatic heterocycles. The van der Waals surface area contributed by atoms with Gasteiger partial charge >= 0.3 is 0 Å². The van der Waals surface area contributed by atoms with E-state index in [2.05, 4.69) is 0 Å². The number of sulfonamides is 1. The molecular formula is C15H21NO4S2. The maximum atomic E-state index is 12.7. The van der Waals surface area contributed by atoms with Gasteiger partial charge in [0, 0.05) is 18.3 Å². The number of nitrogens with zero attached hydrogens (tertiary/aromatic N) is 1. The average molecular weight is 343 g/mol. The van der Waals surface area contributed by atoms with Gasteiger partial charge < -0.3 is 0 Å². The van der Waals surface area contributed by atoms with Crippen molar-refractivity contribution in [2.45, 2.75) is 48.8 Å². The standard InChI is InChI=1S/C15H21NO4S2/c1-21(17,18)15-9-13-7-8-14(10-15)16(13)22(19,20)11-12-5-3-2-4-6-12/h2-6,13-15H,7-11H2,1H3. The van der Waals surface area contributed by atoms with E-state index in [1.807, 2.05) is 30.3 Å². The monoisotopic (exact) mass is 343 g/mol. The van der Waals surface area contributed by atoms with E-state index in [9.17, 15) is 16.8 Å². The van der Waals surface area contributed by atoms with Crippen molar-refractivity contribution in [2.24, 2.45) is 0 Å². The fourth-order valence-electron chi connectivity index (χ4n) is 3.75. The highest BCUT2D eigenvalue weighted by atomic mass is 32.2. The highest BCUT2D eigenvalue weighted by Gasteiger charge is 2.48. The SMILES string of the molecule is CS(=O)(=O)C1CC2CCC(C1)N2S(=O)(=O)Cc1ccccc1. The van der Waals surface area contributed by atoms with Crippen molar-refractivity contribution in [3.05, 3.63) is 35.9 Å².